The average Bonchev–Trinajstić information content (AvgIpc) is 3.33. The Bertz CT molecular complexity index is 1020. The lowest BCUT2D eigenvalue weighted by atomic mass is 10.1. The van der Waals surface area contributed by atoms with E-state index in [4.69, 9.17) is 9.72 Å². The van der Waals surface area contributed by atoms with Crippen molar-refractivity contribution >= 4 is 17.6 Å². The summed E-state index contributed by atoms with van der Waals surface area (Å²) in [6, 6.07) is 12.2. The van der Waals surface area contributed by atoms with Crippen molar-refractivity contribution < 1.29 is 9.53 Å². The molecule has 2 aromatic heterocycles. The van der Waals surface area contributed by atoms with Gasteiger partial charge < -0.3 is 15.4 Å². The second-order valence-corrected chi connectivity index (χ2v) is 8.34. The SMILES string of the molecule is Cc1cnn2c(N[C@H]3CC[C@H](NC(=O)OCc4ccccc4)C3)cc(C(C)C)nc12. The molecule has 1 saturated carbocycles. The molecule has 0 unspecified atom stereocenters. The van der Waals surface area contributed by atoms with Crippen LogP contribution in [0.15, 0.2) is 42.6 Å². The molecule has 0 spiro atoms. The molecule has 1 amide bonds. The number of hydrogen-bond acceptors (Lipinski definition) is 5. The normalized spacial score (nSPS) is 18.7. The summed E-state index contributed by atoms with van der Waals surface area (Å²) in [5.74, 6) is 1.29. The summed E-state index contributed by atoms with van der Waals surface area (Å²) in [5.41, 5.74) is 3.98. The number of fused-ring (bicyclic) bond motifs is 1. The van der Waals surface area contributed by atoms with Gasteiger partial charge in [-0.1, -0.05) is 44.2 Å². The quantitative estimate of drug-likeness (QED) is 0.632. The van der Waals surface area contributed by atoms with Gasteiger partial charge >= 0.3 is 6.09 Å². The van der Waals surface area contributed by atoms with Crippen LogP contribution in [0.3, 0.4) is 0 Å². The van der Waals surface area contributed by atoms with Gasteiger partial charge in [-0.3, -0.25) is 0 Å². The van der Waals surface area contributed by atoms with Gasteiger partial charge in [-0.15, -0.1) is 0 Å². The van der Waals surface area contributed by atoms with E-state index in [-0.39, 0.29) is 24.8 Å². The molecule has 7 nitrogen and oxygen atoms in total. The first-order chi connectivity index (χ1) is 14.5. The molecule has 1 fully saturated rings. The van der Waals surface area contributed by atoms with E-state index >= 15 is 0 Å². The number of nitrogens with zero attached hydrogens (tertiary/aromatic N) is 3. The number of aryl methyl sites for hydroxylation is 1. The first-order valence-corrected chi connectivity index (χ1v) is 10.6. The molecule has 1 aliphatic carbocycles. The van der Waals surface area contributed by atoms with E-state index in [1.807, 2.05) is 48.0 Å². The number of rotatable bonds is 6. The Morgan fingerprint density at radius 2 is 2.00 bits per heavy atom. The number of hydrogen-bond donors (Lipinski definition) is 2. The molecule has 3 aromatic rings. The first-order valence-electron chi connectivity index (χ1n) is 10.6. The summed E-state index contributed by atoms with van der Waals surface area (Å²) in [5, 5.41) is 11.1. The second kappa shape index (κ2) is 8.73. The first kappa shape index (κ1) is 20.2. The van der Waals surface area contributed by atoms with Gasteiger partial charge in [0.05, 0.1) is 6.20 Å². The van der Waals surface area contributed by atoms with Crippen molar-refractivity contribution in [3.05, 3.63) is 59.4 Å². The van der Waals surface area contributed by atoms with E-state index in [0.717, 1.165) is 47.5 Å². The summed E-state index contributed by atoms with van der Waals surface area (Å²) in [6.07, 6.45) is 4.23. The predicted octanol–water partition coefficient (Wildman–Crippen LogP) is 4.42. The molecular weight excluding hydrogens is 378 g/mol. The number of anilines is 1. The van der Waals surface area contributed by atoms with Crippen molar-refractivity contribution in [2.45, 2.75) is 64.6 Å². The van der Waals surface area contributed by atoms with E-state index in [2.05, 4.69) is 35.6 Å². The monoisotopic (exact) mass is 407 g/mol. The molecule has 7 heteroatoms. The summed E-state index contributed by atoms with van der Waals surface area (Å²) < 4.78 is 7.22. The van der Waals surface area contributed by atoms with Gasteiger partial charge in [0.25, 0.3) is 0 Å². The van der Waals surface area contributed by atoms with Crippen LogP contribution in [0.4, 0.5) is 10.6 Å². The molecule has 0 aliphatic heterocycles. The van der Waals surface area contributed by atoms with Crippen molar-refractivity contribution in [2.24, 2.45) is 0 Å². The Morgan fingerprint density at radius 1 is 1.23 bits per heavy atom. The van der Waals surface area contributed by atoms with E-state index < -0.39 is 0 Å². The Labute approximate surface area is 176 Å². The molecule has 0 saturated heterocycles. The van der Waals surface area contributed by atoms with Crippen molar-refractivity contribution in [1.82, 2.24) is 19.9 Å². The van der Waals surface area contributed by atoms with Crippen molar-refractivity contribution in [3.63, 3.8) is 0 Å². The molecule has 1 aliphatic rings. The summed E-state index contributed by atoms with van der Waals surface area (Å²) >= 11 is 0. The minimum atomic E-state index is -0.361. The molecule has 4 rings (SSSR count). The Kier molecular flexibility index (Phi) is 5.88. The number of carbonyl (C=O) groups excluding carboxylic acids is 1. The maximum absolute atomic E-state index is 12.2. The highest BCUT2D eigenvalue weighted by atomic mass is 16.5. The van der Waals surface area contributed by atoms with Crippen LogP contribution in [0, 0.1) is 6.92 Å². The van der Waals surface area contributed by atoms with Crippen LogP contribution in [-0.4, -0.2) is 32.8 Å². The van der Waals surface area contributed by atoms with E-state index in [0.29, 0.717) is 5.92 Å². The highest BCUT2D eigenvalue weighted by Gasteiger charge is 2.27. The highest BCUT2D eigenvalue weighted by Crippen LogP contribution is 2.26. The summed E-state index contributed by atoms with van der Waals surface area (Å²) in [7, 11) is 0. The third-order valence-electron chi connectivity index (χ3n) is 5.58. The van der Waals surface area contributed by atoms with Crippen LogP contribution in [0.5, 0.6) is 0 Å². The second-order valence-electron chi connectivity index (χ2n) is 8.34. The lowest BCUT2D eigenvalue weighted by Crippen LogP contribution is -2.34. The average molecular weight is 408 g/mol. The zero-order valence-electron chi connectivity index (χ0n) is 17.8. The van der Waals surface area contributed by atoms with E-state index in [1.165, 1.54) is 0 Å². The Balaban J connectivity index is 1.35. The van der Waals surface area contributed by atoms with Crippen LogP contribution in [0.25, 0.3) is 5.65 Å². The van der Waals surface area contributed by atoms with Gasteiger partial charge in [0.2, 0.25) is 0 Å². The van der Waals surface area contributed by atoms with E-state index in [1.54, 1.807) is 0 Å². The molecule has 2 heterocycles. The predicted molar refractivity (Wildman–Crippen MR) is 117 cm³/mol. The standard InChI is InChI=1S/C23H29N5O2/c1-15(2)20-12-21(28-22(27-20)16(3)13-24-28)25-18-9-10-19(11-18)26-23(29)30-14-17-7-5-4-6-8-17/h4-8,12-13,15,18-19,25H,9-11,14H2,1-3H3,(H,26,29)/t18-,19-/m0/s1. The Morgan fingerprint density at radius 3 is 2.77 bits per heavy atom. The largest absolute Gasteiger partial charge is 0.445 e. The molecular formula is C23H29N5O2. The van der Waals surface area contributed by atoms with Crippen molar-refractivity contribution in [3.8, 4) is 0 Å². The summed E-state index contributed by atoms with van der Waals surface area (Å²) in [4.78, 5) is 16.9. The smallest absolute Gasteiger partial charge is 0.407 e. The van der Waals surface area contributed by atoms with Gasteiger partial charge in [-0.05, 0) is 37.7 Å². The molecule has 1 aromatic carbocycles. The molecule has 0 radical (unpaired) electrons. The number of ether oxygens (including phenoxy) is 1. The van der Waals surface area contributed by atoms with Crippen LogP contribution < -0.4 is 10.6 Å². The molecule has 158 valence electrons. The highest BCUT2D eigenvalue weighted by molar-refractivity contribution is 5.67. The van der Waals surface area contributed by atoms with Crippen LogP contribution >= 0.6 is 0 Å². The van der Waals surface area contributed by atoms with Crippen LogP contribution in [-0.2, 0) is 11.3 Å². The number of nitrogens with one attached hydrogen (secondary N) is 2. The number of amides is 1. The van der Waals surface area contributed by atoms with Crippen LogP contribution in [0.2, 0.25) is 0 Å². The van der Waals surface area contributed by atoms with Crippen molar-refractivity contribution in [1.29, 1.82) is 0 Å². The zero-order valence-corrected chi connectivity index (χ0v) is 17.8. The minimum absolute atomic E-state index is 0.104. The van der Waals surface area contributed by atoms with Gasteiger partial charge in [0.15, 0.2) is 5.65 Å². The molecule has 2 atom stereocenters. The lowest BCUT2D eigenvalue weighted by molar-refractivity contribution is 0.136. The lowest BCUT2D eigenvalue weighted by Gasteiger charge is -2.18. The van der Waals surface area contributed by atoms with Gasteiger partial charge in [0, 0.05) is 29.4 Å². The fraction of sp³-hybridized carbons (Fsp3) is 0.435. The van der Waals surface area contributed by atoms with E-state index in [9.17, 15) is 4.79 Å². The van der Waals surface area contributed by atoms with Gasteiger partial charge in [-0.2, -0.15) is 9.61 Å². The molecule has 30 heavy (non-hydrogen) atoms. The van der Waals surface area contributed by atoms with Crippen molar-refractivity contribution in [2.75, 3.05) is 5.32 Å². The third-order valence-corrected chi connectivity index (χ3v) is 5.58. The fourth-order valence-corrected chi connectivity index (χ4v) is 3.87. The summed E-state index contributed by atoms with van der Waals surface area (Å²) in [6.45, 7) is 6.60. The molecule has 2 N–H and O–H groups in total. The third kappa shape index (κ3) is 4.56. The minimum Gasteiger partial charge on any atom is -0.445 e. The maximum atomic E-state index is 12.2. The van der Waals surface area contributed by atoms with Crippen LogP contribution in [0.1, 0.15) is 55.8 Å². The Hall–Kier alpha value is -3.09. The number of alkyl carbamates (subject to hydrolysis) is 1. The number of benzene rings is 1. The number of carbonyl (C=O) groups is 1. The number of aromatic nitrogens is 3. The maximum Gasteiger partial charge on any atom is 0.407 e. The van der Waals surface area contributed by atoms with Gasteiger partial charge in [0.1, 0.15) is 12.4 Å². The van der Waals surface area contributed by atoms with Gasteiger partial charge in [-0.25, -0.2) is 9.78 Å². The molecule has 0 bridgehead atoms. The topological polar surface area (TPSA) is 80.5 Å². The zero-order chi connectivity index (χ0) is 21.1. The fourth-order valence-electron chi connectivity index (χ4n) is 3.87.